The van der Waals surface area contributed by atoms with Crippen molar-refractivity contribution in [1.82, 2.24) is 15.0 Å². The lowest BCUT2D eigenvalue weighted by atomic mass is 10.6. The first-order valence-corrected chi connectivity index (χ1v) is 7.01. The molecule has 84 valence electrons. The number of hydrogen-bond donors (Lipinski definition) is 0. The first-order chi connectivity index (χ1) is 7.58. The fourth-order valence-electron chi connectivity index (χ4n) is 1.19. The van der Waals surface area contributed by atoms with Crippen LogP contribution in [0.4, 0.5) is 0 Å². The Balaban J connectivity index is 2.28. The van der Waals surface area contributed by atoms with E-state index in [4.69, 9.17) is 0 Å². The van der Waals surface area contributed by atoms with Crippen molar-refractivity contribution >= 4 is 21.2 Å². The zero-order chi connectivity index (χ0) is 11.6. The van der Waals surface area contributed by atoms with Gasteiger partial charge < -0.3 is 0 Å². The molecule has 0 saturated carbocycles. The van der Waals surface area contributed by atoms with Gasteiger partial charge in [-0.1, -0.05) is 0 Å². The summed E-state index contributed by atoms with van der Waals surface area (Å²) >= 11 is 1.43. The van der Waals surface area contributed by atoms with Crippen LogP contribution in [0.3, 0.4) is 0 Å². The van der Waals surface area contributed by atoms with Crippen molar-refractivity contribution < 1.29 is 8.42 Å². The smallest absolute Gasteiger partial charge is 0.202 e. The number of hydrogen-bond acceptors (Lipinski definition) is 6. The van der Waals surface area contributed by atoms with Crippen LogP contribution >= 0.6 is 11.3 Å². The monoisotopic (exact) mass is 255 g/mol. The zero-order valence-electron chi connectivity index (χ0n) is 8.49. The van der Waals surface area contributed by atoms with Crippen molar-refractivity contribution in [2.24, 2.45) is 0 Å². The summed E-state index contributed by atoms with van der Waals surface area (Å²) in [4.78, 5) is 11.6. The summed E-state index contributed by atoms with van der Waals surface area (Å²) in [7, 11) is -3.43. The van der Waals surface area contributed by atoms with E-state index in [9.17, 15) is 8.42 Å². The van der Waals surface area contributed by atoms with Gasteiger partial charge in [0.05, 0.1) is 22.7 Å². The van der Waals surface area contributed by atoms with Crippen LogP contribution in [0.25, 0.3) is 0 Å². The highest BCUT2D eigenvalue weighted by Gasteiger charge is 2.18. The molecule has 0 fully saturated rings. The quantitative estimate of drug-likeness (QED) is 0.824. The number of aromatic nitrogens is 3. The van der Waals surface area contributed by atoms with E-state index in [-0.39, 0.29) is 10.8 Å². The largest absolute Gasteiger partial charge is 0.260 e. The van der Waals surface area contributed by atoms with E-state index in [0.717, 1.165) is 5.01 Å². The molecule has 0 unspecified atom stereocenters. The molecule has 0 saturated heterocycles. The first-order valence-electron chi connectivity index (χ1n) is 4.48. The second-order valence-electron chi connectivity index (χ2n) is 3.16. The summed E-state index contributed by atoms with van der Waals surface area (Å²) < 4.78 is 23.7. The molecule has 0 bridgehead atoms. The molecule has 16 heavy (non-hydrogen) atoms. The van der Waals surface area contributed by atoms with E-state index >= 15 is 0 Å². The number of rotatable bonds is 3. The SMILES string of the molecule is Cc1nc(CS(=O)(=O)c2cnccn2)cs1. The van der Waals surface area contributed by atoms with E-state index in [1.807, 2.05) is 6.92 Å². The molecular weight excluding hydrogens is 246 g/mol. The summed E-state index contributed by atoms with van der Waals surface area (Å²) in [5, 5.41) is 2.58. The van der Waals surface area contributed by atoms with Crippen LogP contribution in [-0.2, 0) is 15.6 Å². The molecule has 7 heteroatoms. The Morgan fingerprint density at radius 1 is 1.38 bits per heavy atom. The molecule has 2 heterocycles. The Hall–Kier alpha value is -1.34. The molecule has 0 atom stereocenters. The van der Waals surface area contributed by atoms with Gasteiger partial charge in [0.2, 0.25) is 9.84 Å². The van der Waals surface area contributed by atoms with Crippen LogP contribution in [0.5, 0.6) is 0 Å². The molecule has 0 spiro atoms. The molecule has 0 amide bonds. The molecule has 0 radical (unpaired) electrons. The van der Waals surface area contributed by atoms with Gasteiger partial charge in [0.1, 0.15) is 0 Å². The second-order valence-corrected chi connectivity index (χ2v) is 6.16. The average Bonchev–Trinajstić information content (AvgIpc) is 2.64. The zero-order valence-corrected chi connectivity index (χ0v) is 10.1. The van der Waals surface area contributed by atoms with Gasteiger partial charge >= 0.3 is 0 Å². The van der Waals surface area contributed by atoms with Crippen LogP contribution in [0, 0.1) is 6.92 Å². The minimum absolute atomic E-state index is 0.0133. The maximum absolute atomic E-state index is 11.9. The number of nitrogens with zero attached hydrogens (tertiary/aromatic N) is 3. The molecule has 2 rings (SSSR count). The third kappa shape index (κ3) is 2.42. The molecule has 5 nitrogen and oxygen atoms in total. The van der Waals surface area contributed by atoms with Gasteiger partial charge in [0, 0.05) is 17.8 Å². The first kappa shape index (κ1) is 11.2. The Morgan fingerprint density at radius 3 is 2.75 bits per heavy atom. The van der Waals surface area contributed by atoms with E-state index < -0.39 is 9.84 Å². The highest BCUT2D eigenvalue weighted by atomic mass is 32.2. The fraction of sp³-hybridized carbons (Fsp3) is 0.222. The van der Waals surface area contributed by atoms with Crippen LogP contribution < -0.4 is 0 Å². The van der Waals surface area contributed by atoms with E-state index in [1.54, 1.807) is 5.38 Å². The summed E-state index contributed by atoms with van der Waals surface area (Å²) in [6.45, 7) is 1.84. The van der Waals surface area contributed by atoms with E-state index in [2.05, 4.69) is 15.0 Å². The molecular formula is C9H9N3O2S2. The summed E-state index contributed by atoms with van der Waals surface area (Å²) in [6.07, 6.45) is 4.04. The molecule has 2 aromatic heterocycles. The molecule has 0 aliphatic heterocycles. The Labute approximate surface area is 97.1 Å². The minimum atomic E-state index is -3.43. The van der Waals surface area contributed by atoms with Gasteiger partial charge in [-0.2, -0.15) is 0 Å². The van der Waals surface area contributed by atoms with Crippen LogP contribution in [-0.4, -0.2) is 23.4 Å². The average molecular weight is 255 g/mol. The molecule has 0 N–H and O–H groups in total. The van der Waals surface area contributed by atoms with Gasteiger partial charge in [-0.25, -0.2) is 18.4 Å². The molecule has 0 aromatic carbocycles. The summed E-state index contributed by atoms with van der Waals surface area (Å²) in [6, 6.07) is 0. The van der Waals surface area contributed by atoms with Crippen LogP contribution in [0.2, 0.25) is 0 Å². The summed E-state index contributed by atoms with van der Waals surface area (Å²) in [5.41, 5.74) is 0.549. The summed E-state index contributed by atoms with van der Waals surface area (Å²) in [5.74, 6) is -0.129. The molecule has 0 aliphatic rings. The highest BCUT2D eigenvalue weighted by molar-refractivity contribution is 7.90. The maximum atomic E-state index is 11.9. The fourth-order valence-corrected chi connectivity index (χ4v) is 3.04. The van der Waals surface area contributed by atoms with Gasteiger partial charge in [0.15, 0.2) is 5.03 Å². The third-order valence-corrected chi connectivity index (χ3v) is 4.21. The van der Waals surface area contributed by atoms with Crippen LogP contribution in [0.1, 0.15) is 10.7 Å². The predicted octanol–water partition coefficient (Wildman–Crippen LogP) is 1.22. The van der Waals surface area contributed by atoms with Crippen molar-refractivity contribution in [3.63, 3.8) is 0 Å². The maximum Gasteiger partial charge on any atom is 0.202 e. The van der Waals surface area contributed by atoms with Crippen LogP contribution in [0.15, 0.2) is 29.0 Å². The van der Waals surface area contributed by atoms with Crippen molar-refractivity contribution in [3.8, 4) is 0 Å². The Kier molecular flexibility index (Phi) is 2.97. The van der Waals surface area contributed by atoms with E-state index in [0.29, 0.717) is 5.69 Å². The van der Waals surface area contributed by atoms with Gasteiger partial charge in [-0.15, -0.1) is 11.3 Å². The van der Waals surface area contributed by atoms with Crippen molar-refractivity contribution in [3.05, 3.63) is 34.7 Å². The van der Waals surface area contributed by atoms with E-state index in [1.165, 1.54) is 29.9 Å². The lowest BCUT2D eigenvalue weighted by Crippen LogP contribution is -2.07. The number of aryl methyl sites for hydroxylation is 1. The van der Waals surface area contributed by atoms with Gasteiger partial charge in [-0.3, -0.25) is 4.98 Å². The predicted molar refractivity (Wildman–Crippen MR) is 59.8 cm³/mol. The van der Waals surface area contributed by atoms with Gasteiger partial charge in [-0.05, 0) is 6.92 Å². The van der Waals surface area contributed by atoms with Gasteiger partial charge in [0.25, 0.3) is 0 Å². The van der Waals surface area contributed by atoms with Crippen molar-refractivity contribution in [2.45, 2.75) is 17.7 Å². The highest BCUT2D eigenvalue weighted by Crippen LogP contribution is 2.15. The topological polar surface area (TPSA) is 72.8 Å². The normalized spacial score (nSPS) is 11.6. The third-order valence-electron chi connectivity index (χ3n) is 1.86. The standard InChI is InChI=1S/C9H9N3O2S2/c1-7-12-8(5-15-7)6-16(13,14)9-4-10-2-3-11-9/h2-5H,6H2,1H3. The van der Waals surface area contributed by atoms with Crippen molar-refractivity contribution in [1.29, 1.82) is 0 Å². The lowest BCUT2D eigenvalue weighted by molar-refractivity contribution is 0.590. The molecule has 2 aromatic rings. The minimum Gasteiger partial charge on any atom is -0.260 e. The number of thiazole rings is 1. The molecule has 0 aliphatic carbocycles. The Morgan fingerprint density at radius 2 is 2.19 bits per heavy atom. The lowest BCUT2D eigenvalue weighted by Gasteiger charge is -1.99. The second kappa shape index (κ2) is 4.26. The van der Waals surface area contributed by atoms with Crippen molar-refractivity contribution in [2.75, 3.05) is 0 Å². The number of sulfone groups is 1. The Bertz CT molecular complexity index is 578.